The van der Waals surface area contributed by atoms with Crippen molar-refractivity contribution in [1.29, 1.82) is 0 Å². The lowest BCUT2D eigenvalue weighted by atomic mass is 9.61. The molecule has 1 aromatic carbocycles. The molecule has 0 aliphatic heterocycles. The third-order valence-electron chi connectivity index (χ3n) is 3.42. The van der Waals surface area contributed by atoms with Crippen LogP contribution in [0.4, 0.5) is 13.2 Å². The number of hydrogen-bond acceptors (Lipinski definition) is 0. The van der Waals surface area contributed by atoms with Crippen LogP contribution in [0.2, 0.25) is 0 Å². The summed E-state index contributed by atoms with van der Waals surface area (Å²) in [7, 11) is 0. The van der Waals surface area contributed by atoms with Crippen LogP contribution in [0.25, 0.3) is 0 Å². The summed E-state index contributed by atoms with van der Waals surface area (Å²) < 4.78 is 40.0. The minimum absolute atomic E-state index is 0.432. The van der Waals surface area contributed by atoms with Crippen molar-refractivity contribution in [1.82, 2.24) is 0 Å². The normalized spacial score (nSPS) is 19.7. The predicted octanol–water partition coefficient (Wildman–Crippen LogP) is 3.90. The Balaban J connectivity index is 2.43. The topological polar surface area (TPSA) is 0 Å². The van der Waals surface area contributed by atoms with E-state index in [0.717, 1.165) is 13.3 Å². The fraction of sp³-hybridized carbons (Fsp3) is 0.500. The molecule has 0 amide bonds. The summed E-state index contributed by atoms with van der Waals surface area (Å²) in [6.07, 6.45) is 1.68. The summed E-state index contributed by atoms with van der Waals surface area (Å²) in [4.78, 5) is 0. The van der Waals surface area contributed by atoms with Gasteiger partial charge in [-0.2, -0.15) is 0 Å². The summed E-state index contributed by atoms with van der Waals surface area (Å²) in [5.74, 6) is -3.22. The predicted molar refractivity (Wildman–Crippen MR) is 52.6 cm³/mol. The Hall–Kier alpha value is -0.990. The number of halogens is 3. The first-order valence-corrected chi connectivity index (χ1v) is 5.10. The zero-order valence-corrected chi connectivity index (χ0v) is 8.56. The van der Waals surface area contributed by atoms with E-state index in [4.69, 9.17) is 0 Å². The van der Waals surface area contributed by atoms with Gasteiger partial charge in [0, 0.05) is 6.92 Å². The Morgan fingerprint density at radius 1 is 1.27 bits per heavy atom. The van der Waals surface area contributed by atoms with Gasteiger partial charge in [0.15, 0.2) is 0 Å². The molecule has 0 spiro atoms. The maximum atomic E-state index is 13.5. The van der Waals surface area contributed by atoms with Gasteiger partial charge in [-0.3, -0.25) is 0 Å². The van der Waals surface area contributed by atoms with E-state index in [1.165, 1.54) is 18.2 Å². The molecule has 0 saturated heterocycles. The molecule has 0 bridgehead atoms. The Bertz CT molecular complexity index is 361. The van der Waals surface area contributed by atoms with Crippen molar-refractivity contribution in [2.75, 3.05) is 0 Å². The van der Waals surface area contributed by atoms with Crippen molar-refractivity contribution >= 4 is 0 Å². The maximum Gasteiger partial charge on any atom is 0.254 e. The first-order chi connectivity index (χ1) is 6.96. The fourth-order valence-corrected chi connectivity index (χ4v) is 2.30. The highest BCUT2D eigenvalue weighted by Gasteiger charge is 2.54. The second-order valence-corrected chi connectivity index (χ2v) is 4.33. The average molecular weight is 214 g/mol. The van der Waals surface area contributed by atoms with Gasteiger partial charge in [0.25, 0.3) is 5.92 Å². The molecule has 1 aliphatic carbocycles. The van der Waals surface area contributed by atoms with E-state index < -0.39 is 17.2 Å². The van der Waals surface area contributed by atoms with Crippen molar-refractivity contribution in [3.05, 3.63) is 35.6 Å². The van der Waals surface area contributed by atoms with Crippen molar-refractivity contribution in [3.8, 4) is 0 Å². The smallest absolute Gasteiger partial charge is 0.207 e. The third-order valence-corrected chi connectivity index (χ3v) is 3.42. The zero-order chi connectivity index (χ0) is 11.1. The van der Waals surface area contributed by atoms with Crippen LogP contribution in [-0.2, 0) is 5.41 Å². The van der Waals surface area contributed by atoms with Crippen LogP contribution in [0.1, 0.15) is 31.7 Å². The molecule has 1 aliphatic rings. The molecule has 2 rings (SSSR count). The lowest BCUT2D eigenvalue weighted by Crippen LogP contribution is -2.48. The fourth-order valence-electron chi connectivity index (χ4n) is 2.30. The second-order valence-electron chi connectivity index (χ2n) is 4.33. The molecule has 0 radical (unpaired) electrons. The van der Waals surface area contributed by atoms with E-state index in [1.807, 2.05) is 0 Å². The van der Waals surface area contributed by atoms with Gasteiger partial charge in [-0.25, -0.2) is 13.2 Å². The Labute approximate surface area is 87.1 Å². The van der Waals surface area contributed by atoms with E-state index in [2.05, 4.69) is 0 Å². The maximum absolute atomic E-state index is 13.5. The monoisotopic (exact) mass is 214 g/mol. The molecule has 0 atom stereocenters. The molecule has 0 N–H and O–H groups in total. The highest BCUT2D eigenvalue weighted by Crippen LogP contribution is 2.53. The van der Waals surface area contributed by atoms with Gasteiger partial charge in [-0.05, 0) is 30.5 Å². The first-order valence-electron chi connectivity index (χ1n) is 5.10. The summed E-state index contributed by atoms with van der Waals surface area (Å²) in [5.41, 5.74) is -0.698. The summed E-state index contributed by atoms with van der Waals surface area (Å²) in [5, 5.41) is 0. The van der Waals surface area contributed by atoms with Crippen molar-refractivity contribution in [2.45, 2.75) is 37.5 Å². The van der Waals surface area contributed by atoms with Crippen LogP contribution in [0, 0.1) is 5.82 Å². The van der Waals surface area contributed by atoms with E-state index in [9.17, 15) is 13.2 Å². The van der Waals surface area contributed by atoms with Crippen molar-refractivity contribution in [2.24, 2.45) is 0 Å². The van der Waals surface area contributed by atoms with Gasteiger partial charge in [0.2, 0.25) is 0 Å². The Morgan fingerprint density at radius 3 is 2.33 bits per heavy atom. The highest BCUT2D eigenvalue weighted by atomic mass is 19.3. The largest absolute Gasteiger partial charge is 0.254 e. The Kier molecular flexibility index (Phi) is 2.28. The molecular formula is C12H13F3. The standard InChI is InChI=1S/C12H13F3/c1-11(14,15)12(6-3-7-12)9-4-2-5-10(13)8-9/h2,4-5,8H,3,6-7H2,1H3. The highest BCUT2D eigenvalue weighted by molar-refractivity contribution is 5.31. The number of hydrogen-bond donors (Lipinski definition) is 0. The van der Waals surface area contributed by atoms with E-state index >= 15 is 0 Å². The lowest BCUT2D eigenvalue weighted by molar-refractivity contribution is -0.0970. The molecule has 0 heterocycles. The second kappa shape index (κ2) is 3.26. The van der Waals surface area contributed by atoms with Crippen LogP contribution in [0.3, 0.4) is 0 Å². The average Bonchev–Trinajstić information content (AvgIpc) is 1.98. The van der Waals surface area contributed by atoms with Gasteiger partial charge in [-0.1, -0.05) is 18.6 Å². The summed E-state index contributed by atoms with van der Waals surface area (Å²) >= 11 is 0. The van der Waals surface area contributed by atoms with Crippen molar-refractivity contribution in [3.63, 3.8) is 0 Å². The van der Waals surface area contributed by atoms with Crippen LogP contribution < -0.4 is 0 Å². The van der Waals surface area contributed by atoms with Crippen LogP contribution in [-0.4, -0.2) is 5.92 Å². The lowest BCUT2D eigenvalue weighted by Gasteiger charge is -2.46. The van der Waals surface area contributed by atoms with Gasteiger partial charge in [0.05, 0.1) is 5.41 Å². The molecule has 1 saturated carbocycles. The minimum Gasteiger partial charge on any atom is -0.207 e. The van der Waals surface area contributed by atoms with Gasteiger partial charge in [0.1, 0.15) is 5.82 Å². The molecule has 1 aromatic rings. The van der Waals surface area contributed by atoms with E-state index in [1.54, 1.807) is 6.07 Å². The molecule has 3 heteroatoms. The van der Waals surface area contributed by atoms with Crippen LogP contribution >= 0.6 is 0 Å². The van der Waals surface area contributed by atoms with Gasteiger partial charge >= 0.3 is 0 Å². The van der Waals surface area contributed by atoms with Crippen LogP contribution in [0.15, 0.2) is 24.3 Å². The number of rotatable bonds is 2. The molecule has 1 fully saturated rings. The van der Waals surface area contributed by atoms with Gasteiger partial charge in [-0.15, -0.1) is 0 Å². The number of benzene rings is 1. The summed E-state index contributed by atoms with van der Waals surface area (Å²) in [6.45, 7) is 0.928. The van der Waals surface area contributed by atoms with E-state index in [0.29, 0.717) is 18.4 Å². The molecule has 0 unspecified atom stereocenters. The zero-order valence-electron chi connectivity index (χ0n) is 8.56. The Morgan fingerprint density at radius 2 is 1.93 bits per heavy atom. The van der Waals surface area contributed by atoms with Crippen molar-refractivity contribution < 1.29 is 13.2 Å². The summed E-state index contributed by atoms with van der Waals surface area (Å²) in [6, 6.07) is 5.61. The van der Waals surface area contributed by atoms with Crippen LogP contribution in [0.5, 0.6) is 0 Å². The first kappa shape index (κ1) is 10.5. The quantitative estimate of drug-likeness (QED) is 0.700. The molecule has 0 nitrogen and oxygen atoms in total. The molecule has 82 valence electrons. The minimum atomic E-state index is -2.78. The SMILES string of the molecule is CC(F)(F)C1(c2cccc(F)c2)CCC1. The van der Waals surface area contributed by atoms with E-state index in [-0.39, 0.29) is 0 Å². The third kappa shape index (κ3) is 1.54. The molecule has 15 heavy (non-hydrogen) atoms. The van der Waals surface area contributed by atoms with Gasteiger partial charge < -0.3 is 0 Å². The number of alkyl halides is 2. The molecular weight excluding hydrogens is 201 g/mol. The molecule has 0 aromatic heterocycles.